The molecule has 4 aromatic rings. The van der Waals surface area contributed by atoms with E-state index in [9.17, 15) is 18.0 Å². The third-order valence-corrected chi connectivity index (χ3v) is 9.01. The minimum atomic E-state index is -4.12. The zero-order chi connectivity index (χ0) is 30.8. The zero-order valence-electron chi connectivity index (χ0n) is 24.9. The minimum Gasteiger partial charge on any atom is -0.354 e. The number of hydrogen-bond donors (Lipinski definition) is 1. The fourth-order valence-electron chi connectivity index (χ4n) is 4.78. The van der Waals surface area contributed by atoms with Crippen LogP contribution in [0.1, 0.15) is 35.6 Å². The summed E-state index contributed by atoms with van der Waals surface area (Å²) in [6.07, 6.45) is 1.02. The van der Waals surface area contributed by atoms with Gasteiger partial charge in [0.2, 0.25) is 11.8 Å². The number of carbonyl (C=O) groups excluding carboxylic acids is 2. The number of sulfonamides is 1. The Morgan fingerprint density at radius 2 is 1.28 bits per heavy atom. The molecular weight excluding hydrogens is 558 g/mol. The van der Waals surface area contributed by atoms with Crippen LogP contribution in [0, 0.1) is 13.8 Å². The Kier molecular flexibility index (Phi) is 10.7. The van der Waals surface area contributed by atoms with Crippen LogP contribution in [0.25, 0.3) is 0 Å². The maximum atomic E-state index is 14.4. The second kappa shape index (κ2) is 14.6. The summed E-state index contributed by atoms with van der Waals surface area (Å²) in [6, 6.07) is 31.7. The van der Waals surface area contributed by atoms with Gasteiger partial charge >= 0.3 is 0 Å². The van der Waals surface area contributed by atoms with E-state index in [1.807, 2.05) is 93.6 Å². The molecule has 0 aliphatic rings. The van der Waals surface area contributed by atoms with Crippen LogP contribution < -0.4 is 9.62 Å². The van der Waals surface area contributed by atoms with Gasteiger partial charge < -0.3 is 10.2 Å². The first-order chi connectivity index (χ1) is 20.7. The number of carbonyl (C=O) groups is 2. The van der Waals surface area contributed by atoms with E-state index < -0.39 is 28.5 Å². The van der Waals surface area contributed by atoms with Crippen molar-refractivity contribution in [1.29, 1.82) is 0 Å². The fraction of sp³-hybridized carbons (Fsp3) is 0.257. The standard InChI is InChI=1S/C35H39N3O4S/c1-4-23-36-35(40)33(24-29-11-7-5-8-12-29)37(25-30-13-9-6-10-14-30)34(39)26-38(31-19-15-27(2)16-20-31)43(41,42)32-21-17-28(3)18-22-32/h5-22,33H,4,23-26H2,1-3H3,(H,36,40)/t33-/m0/s1. The van der Waals surface area contributed by atoms with Crippen LogP contribution >= 0.6 is 0 Å². The van der Waals surface area contributed by atoms with Crippen molar-refractivity contribution in [3.63, 3.8) is 0 Å². The Balaban J connectivity index is 1.77. The molecule has 0 heterocycles. The van der Waals surface area contributed by atoms with Crippen LogP contribution in [-0.2, 0) is 32.6 Å². The monoisotopic (exact) mass is 597 g/mol. The van der Waals surface area contributed by atoms with E-state index in [1.165, 1.54) is 4.90 Å². The molecule has 0 spiro atoms. The van der Waals surface area contributed by atoms with Gasteiger partial charge in [0, 0.05) is 19.5 Å². The number of amides is 2. The van der Waals surface area contributed by atoms with E-state index in [2.05, 4.69) is 5.32 Å². The van der Waals surface area contributed by atoms with E-state index in [0.717, 1.165) is 33.0 Å². The number of anilines is 1. The number of nitrogens with zero attached hydrogens (tertiary/aromatic N) is 2. The Bertz CT molecular complexity index is 1590. The van der Waals surface area contributed by atoms with E-state index in [-0.39, 0.29) is 23.8 Å². The van der Waals surface area contributed by atoms with E-state index >= 15 is 0 Å². The maximum Gasteiger partial charge on any atom is 0.264 e. The number of nitrogens with one attached hydrogen (secondary N) is 1. The summed E-state index contributed by atoms with van der Waals surface area (Å²) in [6.45, 7) is 5.90. The van der Waals surface area contributed by atoms with Gasteiger partial charge in [0.05, 0.1) is 10.6 Å². The summed E-state index contributed by atoms with van der Waals surface area (Å²) in [5.41, 5.74) is 3.99. The minimum absolute atomic E-state index is 0.0857. The van der Waals surface area contributed by atoms with E-state index in [4.69, 9.17) is 0 Å². The normalized spacial score (nSPS) is 11.9. The first-order valence-corrected chi connectivity index (χ1v) is 15.9. The van der Waals surface area contributed by atoms with Gasteiger partial charge in [-0.3, -0.25) is 13.9 Å². The summed E-state index contributed by atoms with van der Waals surface area (Å²) in [5.74, 6) is -0.758. The van der Waals surface area contributed by atoms with Crippen molar-refractivity contribution in [3.05, 3.63) is 131 Å². The third-order valence-electron chi connectivity index (χ3n) is 7.23. The predicted molar refractivity (Wildman–Crippen MR) is 171 cm³/mol. The van der Waals surface area contributed by atoms with Gasteiger partial charge in [-0.05, 0) is 55.7 Å². The number of benzene rings is 4. The van der Waals surface area contributed by atoms with Crippen LogP contribution in [0.2, 0.25) is 0 Å². The van der Waals surface area contributed by atoms with E-state index in [1.54, 1.807) is 36.4 Å². The molecule has 1 atom stereocenters. The molecule has 0 aliphatic heterocycles. The lowest BCUT2D eigenvalue weighted by atomic mass is 10.0. The van der Waals surface area contributed by atoms with Crippen molar-refractivity contribution < 1.29 is 18.0 Å². The van der Waals surface area contributed by atoms with Crippen LogP contribution in [-0.4, -0.2) is 44.3 Å². The number of rotatable bonds is 13. The molecule has 2 amide bonds. The highest BCUT2D eigenvalue weighted by Gasteiger charge is 2.34. The predicted octanol–water partition coefficient (Wildman–Crippen LogP) is 5.67. The topological polar surface area (TPSA) is 86.8 Å². The Morgan fingerprint density at radius 1 is 0.744 bits per heavy atom. The molecule has 1 N–H and O–H groups in total. The summed E-state index contributed by atoms with van der Waals surface area (Å²) in [5, 5.41) is 2.96. The molecule has 43 heavy (non-hydrogen) atoms. The lowest BCUT2D eigenvalue weighted by Gasteiger charge is -2.34. The van der Waals surface area contributed by atoms with Gasteiger partial charge in [-0.15, -0.1) is 0 Å². The number of aryl methyl sites for hydroxylation is 2. The smallest absolute Gasteiger partial charge is 0.264 e. The quantitative estimate of drug-likeness (QED) is 0.215. The first kappa shape index (κ1) is 31.5. The van der Waals surface area contributed by atoms with Crippen LogP contribution in [0.4, 0.5) is 5.69 Å². The van der Waals surface area contributed by atoms with Gasteiger partial charge in [0.15, 0.2) is 0 Å². The zero-order valence-corrected chi connectivity index (χ0v) is 25.8. The fourth-order valence-corrected chi connectivity index (χ4v) is 6.19. The molecule has 0 fully saturated rings. The van der Waals surface area contributed by atoms with Crippen LogP contribution in [0.5, 0.6) is 0 Å². The summed E-state index contributed by atoms with van der Waals surface area (Å²) < 4.78 is 29.3. The third kappa shape index (κ3) is 8.32. The largest absolute Gasteiger partial charge is 0.354 e. The Hall–Kier alpha value is -4.43. The summed E-state index contributed by atoms with van der Waals surface area (Å²) in [7, 11) is -4.12. The second-order valence-electron chi connectivity index (χ2n) is 10.7. The molecule has 0 unspecified atom stereocenters. The van der Waals surface area contributed by atoms with Gasteiger partial charge in [0.1, 0.15) is 12.6 Å². The summed E-state index contributed by atoms with van der Waals surface area (Å²) in [4.78, 5) is 29.6. The average molecular weight is 598 g/mol. The molecule has 4 rings (SSSR count). The SMILES string of the molecule is CCCNC(=O)[C@H](Cc1ccccc1)N(Cc1ccccc1)C(=O)CN(c1ccc(C)cc1)S(=O)(=O)c1ccc(C)cc1. The molecule has 0 aromatic heterocycles. The van der Waals surface area contributed by atoms with Gasteiger partial charge in [-0.25, -0.2) is 8.42 Å². The van der Waals surface area contributed by atoms with Crippen molar-refractivity contribution in [2.24, 2.45) is 0 Å². The average Bonchev–Trinajstić information content (AvgIpc) is 3.02. The highest BCUT2D eigenvalue weighted by atomic mass is 32.2. The lowest BCUT2D eigenvalue weighted by molar-refractivity contribution is -0.140. The van der Waals surface area contributed by atoms with Crippen LogP contribution in [0.3, 0.4) is 0 Å². The van der Waals surface area contributed by atoms with Crippen molar-refractivity contribution in [3.8, 4) is 0 Å². The molecule has 0 aliphatic carbocycles. The van der Waals surface area contributed by atoms with Crippen molar-refractivity contribution in [2.75, 3.05) is 17.4 Å². The lowest BCUT2D eigenvalue weighted by Crippen LogP contribution is -2.53. The highest BCUT2D eigenvalue weighted by Crippen LogP contribution is 2.26. The Morgan fingerprint density at radius 3 is 1.84 bits per heavy atom. The molecule has 7 nitrogen and oxygen atoms in total. The molecule has 0 saturated heterocycles. The van der Waals surface area contributed by atoms with Gasteiger partial charge in [0.25, 0.3) is 10.0 Å². The van der Waals surface area contributed by atoms with Crippen LogP contribution in [0.15, 0.2) is 114 Å². The molecular formula is C35H39N3O4S. The van der Waals surface area contributed by atoms with Gasteiger partial charge in [-0.2, -0.15) is 0 Å². The molecule has 224 valence electrons. The van der Waals surface area contributed by atoms with Crippen molar-refractivity contribution in [2.45, 2.75) is 51.1 Å². The molecule has 0 bridgehead atoms. The molecule has 4 aromatic carbocycles. The second-order valence-corrected chi connectivity index (χ2v) is 12.5. The van der Waals surface area contributed by atoms with E-state index in [0.29, 0.717) is 12.2 Å². The molecule has 0 saturated carbocycles. The van der Waals surface area contributed by atoms with Gasteiger partial charge in [-0.1, -0.05) is 103 Å². The van der Waals surface area contributed by atoms with Crippen molar-refractivity contribution >= 4 is 27.5 Å². The summed E-state index contributed by atoms with van der Waals surface area (Å²) >= 11 is 0. The molecule has 8 heteroatoms. The number of hydrogen-bond acceptors (Lipinski definition) is 4. The Labute approximate surface area is 255 Å². The van der Waals surface area contributed by atoms with Crippen molar-refractivity contribution in [1.82, 2.24) is 10.2 Å². The first-order valence-electron chi connectivity index (χ1n) is 14.5. The molecule has 0 radical (unpaired) electrons. The maximum absolute atomic E-state index is 14.4. The highest BCUT2D eigenvalue weighted by molar-refractivity contribution is 7.92.